The van der Waals surface area contributed by atoms with Crippen LogP contribution >= 0.6 is 0 Å². The lowest BCUT2D eigenvalue weighted by atomic mass is 9.96. The van der Waals surface area contributed by atoms with E-state index in [1.165, 1.54) is 0 Å². The molecule has 0 saturated heterocycles. The molecule has 0 spiro atoms. The normalized spacial score (nSPS) is 10.6. The molecule has 0 aliphatic carbocycles. The minimum absolute atomic E-state index is 0.0228. The third kappa shape index (κ3) is 8.71. The van der Waals surface area contributed by atoms with Crippen molar-refractivity contribution in [2.45, 2.75) is 54.4 Å². The molecule has 0 fully saturated rings. The van der Waals surface area contributed by atoms with Crippen LogP contribution in [-0.2, 0) is 11.2 Å². The van der Waals surface area contributed by atoms with Gasteiger partial charge >= 0.3 is 0 Å². The van der Waals surface area contributed by atoms with Gasteiger partial charge in [0.25, 0.3) is 5.91 Å². The highest BCUT2D eigenvalue weighted by molar-refractivity contribution is 5.94. The molecule has 1 aromatic rings. The molecule has 0 unspecified atom stereocenters. The number of rotatable bonds is 6. The fourth-order valence-corrected chi connectivity index (χ4v) is 2.53. The Bertz CT molecular complexity index is 530. The Kier molecular flexibility index (Phi) is 10.1. The number of hydrogen-bond donors (Lipinski definition) is 0. The summed E-state index contributed by atoms with van der Waals surface area (Å²) < 4.78 is 0. The molecule has 4 nitrogen and oxygen atoms in total. The van der Waals surface area contributed by atoms with Gasteiger partial charge in [0.2, 0.25) is 5.91 Å². The van der Waals surface area contributed by atoms with E-state index in [1.54, 1.807) is 21.9 Å². The van der Waals surface area contributed by atoms with Crippen LogP contribution in [0.15, 0.2) is 24.3 Å². The number of carbonyl (C=O) groups excluding carboxylic acids is 2. The highest BCUT2D eigenvalue weighted by Gasteiger charge is 2.18. The monoisotopic (exact) mass is 348 g/mol. The molecule has 0 bridgehead atoms. The Hall–Kier alpha value is -1.84. The van der Waals surface area contributed by atoms with Gasteiger partial charge in [-0.1, -0.05) is 53.7 Å². The highest BCUT2D eigenvalue weighted by Crippen LogP contribution is 2.15. The van der Waals surface area contributed by atoms with E-state index in [9.17, 15) is 9.59 Å². The minimum Gasteiger partial charge on any atom is -0.345 e. The first-order valence-electron chi connectivity index (χ1n) is 9.22. The summed E-state index contributed by atoms with van der Waals surface area (Å²) in [5.74, 6) is 0.122. The third-order valence-electron chi connectivity index (χ3n) is 3.60. The summed E-state index contributed by atoms with van der Waals surface area (Å²) in [4.78, 5) is 27.9. The van der Waals surface area contributed by atoms with Crippen LogP contribution in [0.3, 0.4) is 0 Å². The van der Waals surface area contributed by atoms with E-state index in [4.69, 9.17) is 0 Å². The molecule has 0 radical (unpaired) electrons. The van der Waals surface area contributed by atoms with Crippen molar-refractivity contribution >= 4 is 11.8 Å². The van der Waals surface area contributed by atoms with Gasteiger partial charge in [-0.25, -0.2) is 0 Å². The predicted octanol–water partition coefficient (Wildman–Crippen LogP) is 4.24. The first-order chi connectivity index (χ1) is 11.6. The number of likely N-dealkylation sites (N-methyl/N-ethyl adjacent to an activating group) is 1. The second-order valence-electron chi connectivity index (χ2n) is 7.41. The third-order valence-corrected chi connectivity index (χ3v) is 3.60. The first-order valence-corrected chi connectivity index (χ1v) is 9.22. The zero-order chi connectivity index (χ0) is 19.6. The molecule has 1 aromatic carbocycles. The highest BCUT2D eigenvalue weighted by atomic mass is 16.2. The molecule has 4 heteroatoms. The summed E-state index contributed by atoms with van der Waals surface area (Å²) in [6, 6.07) is 7.35. The molecule has 0 aromatic heterocycles. The van der Waals surface area contributed by atoms with Crippen molar-refractivity contribution in [3.63, 3.8) is 0 Å². The summed E-state index contributed by atoms with van der Waals surface area (Å²) in [5, 5.41) is 0. The lowest BCUT2D eigenvalue weighted by Gasteiger charge is -2.26. The van der Waals surface area contributed by atoms with Crippen molar-refractivity contribution in [2.75, 3.05) is 27.2 Å². The fraction of sp³-hybridized carbons (Fsp3) is 0.619. The number of amides is 2. The van der Waals surface area contributed by atoms with Gasteiger partial charge in [0.05, 0.1) is 6.42 Å². The number of nitrogens with zero attached hydrogens (tertiary/aromatic N) is 2. The van der Waals surface area contributed by atoms with Crippen molar-refractivity contribution in [1.29, 1.82) is 0 Å². The summed E-state index contributed by atoms with van der Waals surface area (Å²) in [6.07, 6.45) is 1.31. The quantitative estimate of drug-likeness (QED) is 0.771. The average Bonchev–Trinajstić information content (AvgIpc) is 2.55. The fourth-order valence-electron chi connectivity index (χ4n) is 2.53. The lowest BCUT2D eigenvalue weighted by Crippen LogP contribution is -2.35. The molecular formula is C21H36N2O2. The maximum Gasteiger partial charge on any atom is 0.253 e. The molecule has 25 heavy (non-hydrogen) atoms. The van der Waals surface area contributed by atoms with Crippen molar-refractivity contribution in [3.05, 3.63) is 35.4 Å². The van der Waals surface area contributed by atoms with Crippen LogP contribution in [0.25, 0.3) is 0 Å². The van der Waals surface area contributed by atoms with Gasteiger partial charge in [0, 0.05) is 32.7 Å². The largest absolute Gasteiger partial charge is 0.345 e. The van der Waals surface area contributed by atoms with E-state index in [0.29, 0.717) is 12.0 Å². The van der Waals surface area contributed by atoms with E-state index in [2.05, 4.69) is 20.8 Å². The molecule has 142 valence electrons. The molecule has 0 heterocycles. The number of hydrogen-bond acceptors (Lipinski definition) is 2. The van der Waals surface area contributed by atoms with Crippen LogP contribution in [0.1, 0.15) is 63.9 Å². The Balaban J connectivity index is 0.00000277. The van der Waals surface area contributed by atoms with E-state index >= 15 is 0 Å². The Morgan fingerprint density at radius 3 is 1.92 bits per heavy atom. The predicted molar refractivity (Wildman–Crippen MR) is 106 cm³/mol. The van der Waals surface area contributed by atoms with E-state index in [-0.39, 0.29) is 17.2 Å². The summed E-state index contributed by atoms with van der Waals surface area (Å²) in [7, 11) is 3.65. The first kappa shape index (κ1) is 23.2. The van der Waals surface area contributed by atoms with E-state index < -0.39 is 0 Å². The number of carbonyl (C=O) groups is 2. The van der Waals surface area contributed by atoms with Crippen LogP contribution < -0.4 is 0 Å². The van der Waals surface area contributed by atoms with Crippen LogP contribution in [-0.4, -0.2) is 48.8 Å². The molecule has 0 aliphatic heterocycles. The smallest absolute Gasteiger partial charge is 0.253 e. The maximum absolute atomic E-state index is 12.3. The zero-order valence-electron chi connectivity index (χ0n) is 17.3. The molecule has 0 atom stereocenters. The zero-order valence-corrected chi connectivity index (χ0v) is 17.3. The summed E-state index contributed by atoms with van der Waals surface area (Å²) in [6.45, 7) is 13.9. The minimum atomic E-state index is 0.0228. The van der Waals surface area contributed by atoms with Gasteiger partial charge in [0.1, 0.15) is 0 Å². The molecule has 0 N–H and O–H groups in total. The van der Waals surface area contributed by atoms with E-state index in [1.807, 2.05) is 47.0 Å². The molecule has 1 rings (SSSR count). The molecule has 0 saturated carbocycles. The Morgan fingerprint density at radius 2 is 1.48 bits per heavy atom. The van der Waals surface area contributed by atoms with Gasteiger partial charge in [-0.05, 0) is 29.5 Å². The standard InChI is InChI=1S/C19H30N2O2.C2H6/c1-7-12-20(5)18(23)16-10-8-15(9-11-16)13-17(22)21(6)14-19(2,3)4;1-2/h8-11H,7,12-14H2,1-6H3;1-2H3. The SMILES string of the molecule is CC.CCCN(C)C(=O)c1ccc(CC(=O)N(C)CC(C)(C)C)cc1. The van der Waals surface area contributed by atoms with Crippen LogP contribution in [0.2, 0.25) is 0 Å². The van der Waals surface area contributed by atoms with Crippen molar-refractivity contribution in [3.8, 4) is 0 Å². The van der Waals surface area contributed by atoms with Gasteiger partial charge in [-0.15, -0.1) is 0 Å². The summed E-state index contributed by atoms with van der Waals surface area (Å²) >= 11 is 0. The van der Waals surface area contributed by atoms with E-state index in [0.717, 1.165) is 25.1 Å². The summed E-state index contributed by atoms with van der Waals surface area (Å²) in [5.41, 5.74) is 1.69. The Morgan fingerprint density at radius 1 is 0.960 bits per heavy atom. The van der Waals surface area contributed by atoms with Crippen LogP contribution in [0.4, 0.5) is 0 Å². The topological polar surface area (TPSA) is 40.6 Å². The van der Waals surface area contributed by atoms with Crippen LogP contribution in [0.5, 0.6) is 0 Å². The molecule has 2 amide bonds. The average molecular weight is 349 g/mol. The van der Waals surface area contributed by atoms with Gasteiger partial charge in [-0.3, -0.25) is 9.59 Å². The molecule has 0 aliphatic rings. The Labute approximate surface area is 154 Å². The van der Waals surface area contributed by atoms with Gasteiger partial charge in [-0.2, -0.15) is 0 Å². The maximum atomic E-state index is 12.3. The second kappa shape index (κ2) is 10.9. The van der Waals surface area contributed by atoms with Crippen molar-refractivity contribution in [1.82, 2.24) is 9.80 Å². The second-order valence-corrected chi connectivity index (χ2v) is 7.41. The van der Waals surface area contributed by atoms with Crippen molar-refractivity contribution in [2.24, 2.45) is 5.41 Å². The number of benzene rings is 1. The van der Waals surface area contributed by atoms with Crippen molar-refractivity contribution < 1.29 is 9.59 Å². The van der Waals surface area contributed by atoms with Gasteiger partial charge < -0.3 is 9.80 Å². The molecular weight excluding hydrogens is 312 g/mol. The van der Waals surface area contributed by atoms with Crippen LogP contribution in [0, 0.1) is 5.41 Å². The lowest BCUT2D eigenvalue weighted by molar-refractivity contribution is -0.130. The van der Waals surface area contributed by atoms with Gasteiger partial charge in [0.15, 0.2) is 0 Å².